The molecule has 0 radical (unpaired) electrons. The number of aliphatic hydroxyl groups is 2. The van der Waals surface area contributed by atoms with E-state index in [4.69, 9.17) is 18.9 Å². The average molecular weight is 430 g/mol. The van der Waals surface area contributed by atoms with Crippen LogP contribution in [0.5, 0.6) is 0 Å². The molecule has 170 valence electrons. The Labute approximate surface area is 175 Å². The first-order valence-corrected chi connectivity index (χ1v) is 9.62. The normalized spacial score (nSPS) is 29.2. The van der Waals surface area contributed by atoms with Crippen molar-refractivity contribution in [1.82, 2.24) is 0 Å². The van der Waals surface area contributed by atoms with E-state index in [-0.39, 0.29) is 17.9 Å². The molecule has 1 aliphatic carbocycles. The Kier molecular flexibility index (Phi) is 9.44. The molecule has 0 bridgehead atoms. The van der Waals surface area contributed by atoms with Crippen molar-refractivity contribution < 1.29 is 48.3 Å². The molecule has 0 aliphatic heterocycles. The summed E-state index contributed by atoms with van der Waals surface area (Å²) >= 11 is 0. The maximum atomic E-state index is 12.4. The molecule has 10 heteroatoms. The highest BCUT2D eigenvalue weighted by atomic mass is 16.6. The SMILES string of the molecule is C/C=C(/C)C(=O)O[C@@H]1[C@H](OC(C)=O)[C@H](OC(C)=O)[C@@H](O)[C@H](O)[C@H]1OC(=O)CC(C)C. The van der Waals surface area contributed by atoms with Crippen LogP contribution >= 0.6 is 0 Å². The van der Waals surface area contributed by atoms with Gasteiger partial charge in [-0.25, -0.2) is 4.79 Å². The first kappa shape index (κ1) is 25.6. The van der Waals surface area contributed by atoms with Gasteiger partial charge in [0.05, 0.1) is 0 Å². The number of ether oxygens (including phenoxy) is 4. The highest BCUT2D eigenvalue weighted by Gasteiger charge is 2.57. The molecule has 0 saturated heterocycles. The Morgan fingerprint density at radius 2 is 1.23 bits per heavy atom. The first-order valence-electron chi connectivity index (χ1n) is 9.62. The number of aliphatic hydroxyl groups excluding tert-OH is 2. The van der Waals surface area contributed by atoms with Crippen molar-refractivity contribution in [3.8, 4) is 0 Å². The molecule has 10 nitrogen and oxygen atoms in total. The van der Waals surface area contributed by atoms with Crippen molar-refractivity contribution in [2.24, 2.45) is 5.92 Å². The lowest BCUT2D eigenvalue weighted by atomic mass is 9.84. The summed E-state index contributed by atoms with van der Waals surface area (Å²) in [5.74, 6) is -3.25. The summed E-state index contributed by atoms with van der Waals surface area (Å²) in [4.78, 5) is 47.8. The van der Waals surface area contributed by atoms with Crippen LogP contribution in [-0.2, 0) is 38.1 Å². The van der Waals surface area contributed by atoms with Crippen LogP contribution in [0.4, 0.5) is 0 Å². The topological polar surface area (TPSA) is 146 Å². The summed E-state index contributed by atoms with van der Waals surface area (Å²) < 4.78 is 20.9. The molecule has 1 fully saturated rings. The van der Waals surface area contributed by atoms with E-state index in [9.17, 15) is 29.4 Å². The van der Waals surface area contributed by atoms with Gasteiger partial charge in [-0.05, 0) is 19.8 Å². The van der Waals surface area contributed by atoms with Gasteiger partial charge in [0.25, 0.3) is 0 Å². The maximum absolute atomic E-state index is 12.4. The molecule has 0 amide bonds. The Morgan fingerprint density at radius 3 is 1.67 bits per heavy atom. The minimum absolute atomic E-state index is 0.000517. The van der Waals surface area contributed by atoms with E-state index in [0.717, 1.165) is 13.8 Å². The van der Waals surface area contributed by atoms with E-state index in [1.807, 2.05) is 0 Å². The van der Waals surface area contributed by atoms with Crippen molar-refractivity contribution in [3.63, 3.8) is 0 Å². The summed E-state index contributed by atoms with van der Waals surface area (Å²) in [7, 11) is 0. The third-order valence-electron chi connectivity index (χ3n) is 4.44. The molecule has 1 aliphatic rings. The fourth-order valence-electron chi connectivity index (χ4n) is 2.94. The number of carbonyl (C=O) groups excluding carboxylic acids is 4. The predicted molar refractivity (Wildman–Crippen MR) is 102 cm³/mol. The summed E-state index contributed by atoms with van der Waals surface area (Å²) in [6.07, 6.45) is -8.24. The van der Waals surface area contributed by atoms with Crippen LogP contribution < -0.4 is 0 Å². The molecule has 6 atom stereocenters. The summed E-state index contributed by atoms with van der Waals surface area (Å²) in [6.45, 7) is 8.75. The largest absolute Gasteiger partial charge is 0.456 e. The fraction of sp³-hybridized carbons (Fsp3) is 0.700. The highest BCUT2D eigenvalue weighted by Crippen LogP contribution is 2.31. The van der Waals surface area contributed by atoms with Crippen molar-refractivity contribution in [2.75, 3.05) is 0 Å². The number of esters is 4. The molecule has 0 heterocycles. The van der Waals surface area contributed by atoms with E-state index in [0.29, 0.717) is 0 Å². The van der Waals surface area contributed by atoms with Crippen LogP contribution in [0.3, 0.4) is 0 Å². The molecule has 30 heavy (non-hydrogen) atoms. The second-order valence-corrected chi connectivity index (χ2v) is 7.52. The Hall–Kier alpha value is -2.46. The summed E-state index contributed by atoms with van der Waals surface area (Å²) in [5.41, 5.74) is 0.202. The van der Waals surface area contributed by atoms with Gasteiger partial charge >= 0.3 is 23.9 Å². The van der Waals surface area contributed by atoms with Crippen molar-refractivity contribution >= 4 is 23.9 Å². The van der Waals surface area contributed by atoms with Crippen molar-refractivity contribution in [1.29, 1.82) is 0 Å². The molecule has 1 saturated carbocycles. The van der Waals surface area contributed by atoms with Crippen LogP contribution in [-0.4, -0.2) is 70.7 Å². The van der Waals surface area contributed by atoms with Gasteiger partial charge in [-0.15, -0.1) is 0 Å². The van der Waals surface area contributed by atoms with Gasteiger partial charge in [0.15, 0.2) is 24.4 Å². The van der Waals surface area contributed by atoms with Gasteiger partial charge in [0, 0.05) is 25.8 Å². The molecule has 0 aromatic carbocycles. The molecule has 0 aromatic heterocycles. The lowest BCUT2D eigenvalue weighted by Crippen LogP contribution is -2.67. The minimum Gasteiger partial charge on any atom is -0.456 e. The van der Waals surface area contributed by atoms with Gasteiger partial charge in [-0.2, -0.15) is 0 Å². The van der Waals surface area contributed by atoms with E-state index in [1.54, 1.807) is 20.8 Å². The Balaban J connectivity index is 3.39. The zero-order valence-corrected chi connectivity index (χ0v) is 18.0. The van der Waals surface area contributed by atoms with Crippen LogP contribution in [0.1, 0.15) is 48.0 Å². The monoisotopic (exact) mass is 430 g/mol. The third kappa shape index (κ3) is 6.81. The molecule has 0 spiro atoms. The average Bonchev–Trinajstić information content (AvgIpc) is 2.63. The van der Waals surface area contributed by atoms with E-state index < -0.39 is 60.5 Å². The quantitative estimate of drug-likeness (QED) is 0.331. The van der Waals surface area contributed by atoms with Gasteiger partial charge in [-0.1, -0.05) is 19.9 Å². The fourth-order valence-corrected chi connectivity index (χ4v) is 2.94. The number of allylic oxidation sites excluding steroid dienone is 1. The minimum atomic E-state index is -1.78. The third-order valence-corrected chi connectivity index (χ3v) is 4.44. The van der Waals surface area contributed by atoms with Crippen molar-refractivity contribution in [2.45, 2.75) is 84.6 Å². The zero-order chi connectivity index (χ0) is 23.2. The summed E-state index contributed by atoms with van der Waals surface area (Å²) in [5, 5.41) is 21.1. The molecule has 2 N–H and O–H groups in total. The molecule has 1 rings (SSSR count). The second kappa shape index (κ2) is 11.1. The first-order chi connectivity index (χ1) is 13.9. The van der Waals surface area contributed by atoms with Gasteiger partial charge in [-0.3, -0.25) is 14.4 Å². The van der Waals surface area contributed by atoms with Crippen LogP contribution in [0, 0.1) is 5.92 Å². The lowest BCUT2D eigenvalue weighted by molar-refractivity contribution is -0.251. The van der Waals surface area contributed by atoms with Gasteiger partial charge in [0.1, 0.15) is 12.2 Å². The number of hydrogen-bond acceptors (Lipinski definition) is 10. The predicted octanol–water partition coefficient (Wildman–Crippen LogP) is 0.421. The van der Waals surface area contributed by atoms with E-state index in [1.165, 1.54) is 13.0 Å². The Morgan fingerprint density at radius 1 is 0.800 bits per heavy atom. The molecular formula is C20H30O10. The number of carbonyl (C=O) groups is 4. The second-order valence-electron chi connectivity index (χ2n) is 7.52. The number of hydrogen-bond donors (Lipinski definition) is 2. The van der Waals surface area contributed by atoms with Crippen LogP contribution in [0.15, 0.2) is 11.6 Å². The summed E-state index contributed by atoms with van der Waals surface area (Å²) in [6, 6.07) is 0. The highest BCUT2D eigenvalue weighted by molar-refractivity contribution is 5.87. The lowest BCUT2D eigenvalue weighted by Gasteiger charge is -2.45. The van der Waals surface area contributed by atoms with Gasteiger partial charge in [0.2, 0.25) is 0 Å². The van der Waals surface area contributed by atoms with Crippen LogP contribution in [0.25, 0.3) is 0 Å². The number of rotatable bonds is 7. The zero-order valence-electron chi connectivity index (χ0n) is 18.0. The van der Waals surface area contributed by atoms with E-state index in [2.05, 4.69) is 0 Å². The van der Waals surface area contributed by atoms with Gasteiger partial charge < -0.3 is 29.2 Å². The maximum Gasteiger partial charge on any atom is 0.333 e. The van der Waals surface area contributed by atoms with Crippen molar-refractivity contribution in [3.05, 3.63) is 11.6 Å². The molecular weight excluding hydrogens is 400 g/mol. The van der Waals surface area contributed by atoms with Crippen LogP contribution in [0.2, 0.25) is 0 Å². The smallest absolute Gasteiger partial charge is 0.333 e. The molecule has 0 aromatic rings. The Bertz CT molecular complexity index is 683. The standard InChI is InChI=1S/C20H30O10/c1-7-10(4)20(26)30-19-17(29-13(23)8-9(2)3)15(25)14(24)16(27-11(5)21)18(19)28-12(6)22/h7,9,14-19,24-25H,8H2,1-6H3/b10-7-/t14-,15-,16+,17+,18+,19-/m0/s1. The van der Waals surface area contributed by atoms with E-state index >= 15 is 0 Å². The molecule has 0 unspecified atom stereocenters.